The van der Waals surface area contributed by atoms with Crippen LogP contribution in [0.25, 0.3) is 10.9 Å². The Morgan fingerprint density at radius 3 is 2.75 bits per heavy atom. The van der Waals surface area contributed by atoms with Crippen molar-refractivity contribution in [1.29, 1.82) is 0 Å². The van der Waals surface area contributed by atoms with Crippen LogP contribution in [0.15, 0.2) is 23.1 Å². The molecule has 1 aromatic heterocycles. The fourth-order valence-corrected chi connectivity index (χ4v) is 2.97. The largest absolute Gasteiger partial charge is 0.394 e. The second-order valence-corrected chi connectivity index (χ2v) is 6.39. The zero-order valence-electron chi connectivity index (χ0n) is 13.3. The molecule has 0 unspecified atom stereocenters. The van der Waals surface area contributed by atoms with Crippen LogP contribution in [0, 0.1) is 11.6 Å². The summed E-state index contributed by atoms with van der Waals surface area (Å²) in [5.41, 5.74) is -1.04. The summed E-state index contributed by atoms with van der Waals surface area (Å²) < 4.78 is 28.6. The van der Waals surface area contributed by atoms with E-state index in [0.717, 1.165) is 11.8 Å². The molecule has 0 aliphatic rings. The molecule has 2 aromatic rings. The van der Waals surface area contributed by atoms with Gasteiger partial charge in [0.15, 0.2) is 0 Å². The molecule has 0 aliphatic heterocycles. The lowest BCUT2D eigenvalue weighted by Gasteiger charge is -2.16. The highest BCUT2D eigenvalue weighted by atomic mass is 32.2. The van der Waals surface area contributed by atoms with Crippen LogP contribution < -0.4 is 10.7 Å². The number of benzene rings is 1. The van der Waals surface area contributed by atoms with Crippen molar-refractivity contribution in [3.8, 4) is 0 Å². The zero-order chi connectivity index (χ0) is 17.9. The monoisotopic (exact) mass is 356 g/mol. The van der Waals surface area contributed by atoms with E-state index in [2.05, 4.69) is 5.32 Å². The number of rotatable bonds is 6. The van der Waals surface area contributed by atoms with E-state index in [9.17, 15) is 23.5 Å². The summed E-state index contributed by atoms with van der Waals surface area (Å²) in [6.45, 7) is -0.260. The summed E-state index contributed by atoms with van der Waals surface area (Å²) >= 11 is 1.57. The SMILES string of the molecule is CSCC[C@H](CO)NC(=O)c1cn(C)c2c(F)cc(F)cc2c1=O. The molecular weight excluding hydrogens is 338 g/mol. The number of halogens is 2. The summed E-state index contributed by atoms with van der Waals surface area (Å²) in [5, 5.41) is 11.7. The van der Waals surface area contributed by atoms with Gasteiger partial charge in [-0.15, -0.1) is 0 Å². The van der Waals surface area contributed by atoms with E-state index in [1.165, 1.54) is 17.8 Å². The number of amides is 1. The lowest BCUT2D eigenvalue weighted by molar-refractivity contribution is 0.0913. The molecule has 0 radical (unpaired) electrons. The van der Waals surface area contributed by atoms with Gasteiger partial charge in [0, 0.05) is 19.3 Å². The van der Waals surface area contributed by atoms with Gasteiger partial charge < -0.3 is 15.0 Å². The maximum atomic E-state index is 13.9. The van der Waals surface area contributed by atoms with Crippen molar-refractivity contribution < 1.29 is 18.7 Å². The summed E-state index contributed by atoms with van der Waals surface area (Å²) in [6.07, 6.45) is 3.66. The Kier molecular flexibility index (Phi) is 5.95. The summed E-state index contributed by atoms with van der Waals surface area (Å²) in [5.74, 6) is -1.70. The Morgan fingerprint density at radius 1 is 1.42 bits per heavy atom. The second kappa shape index (κ2) is 7.76. The topological polar surface area (TPSA) is 71.3 Å². The molecule has 1 amide bonds. The van der Waals surface area contributed by atoms with Gasteiger partial charge in [0.05, 0.1) is 23.6 Å². The number of carbonyl (C=O) groups is 1. The number of aliphatic hydroxyl groups is 1. The van der Waals surface area contributed by atoms with Crippen molar-refractivity contribution in [3.05, 3.63) is 45.8 Å². The van der Waals surface area contributed by atoms with E-state index in [1.54, 1.807) is 11.8 Å². The third-order valence-corrected chi connectivity index (χ3v) is 4.31. The van der Waals surface area contributed by atoms with Gasteiger partial charge in [-0.2, -0.15) is 11.8 Å². The maximum Gasteiger partial charge on any atom is 0.257 e. The van der Waals surface area contributed by atoms with Crippen LogP contribution in [0.5, 0.6) is 0 Å². The first-order chi connectivity index (χ1) is 11.4. The van der Waals surface area contributed by atoms with Crippen LogP contribution in [-0.4, -0.2) is 40.2 Å². The normalized spacial score (nSPS) is 12.4. The van der Waals surface area contributed by atoms with Crippen LogP contribution in [0.1, 0.15) is 16.8 Å². The van der Waals surface area contributed by atoms with Crippen molar-refractivity contribution in [2.45, 2.75) is 12.5 Å². The van der Waals surface area contributed by atoms with E-state index in [0.29, 0.717) is 12.5 Å². The number of carbonyl (C=O) groups excluding carboxylic acids is 1. The molecule has 2 rings (SSSR count). The molecule has 1 atom stereocenters. The zero-order valence-corrected chi connectivity index (χ0v) is 14.1. The van der Waals surface area contributed by atoms with Crippen molar-refractivity contribution in [2.75, 3.05) is 18.6 Å². The average Bonchev–Trinajstić information content (AvgIpc) is 2.53. The Bertz CT molecular complexity index is 823. The molecule has 8 heteroatoms. The Hall–Kier alpha value is -1.93. The summed E-state index contributed by atoms with van der Waals surface area (Å²) in [6, 6.07) is 1.11. The smallest absolute Gasteiger partial charge is 0.257 e. The van der Waals surface area contributed by atoms with Gasteiger partial charge in [0.25, 0.3) is 5.91 Å². The summed E-state index contributed by atoms with van der Waals surface area (Å²) in [4.78, 5) is 24.8. The van der Waals surface area contributed by atoms with Crippen molar-refractivity contribution in [3.63, 3.8) is 0 Å². The van der Waals surface area contributed by atoms with Crippen LogP contribution in [-0.2, 0) is 7.05 Å². The molecule has 0 bridgehead atoms. The molecule has 24 heavy (non-hydrogen) atoms. The van der Waals surface area contributed by atoms with E-state index in [1.807, 2.05) is 6.26 Å². The molecule has 2 N–H and O–H groups in total. The number of hydrogen-bond donors (Lipinski definition) is 2. The maximum absolute atomic E-state index is 13.9. The van der Waals surface area contributed by atoms with Crippen molar-refractivity contribution >= 4 is 28.6 Å². The number of hydrogen-bond acceptors (Lipinski definition) is 4. The molecule has 5 nitrogen and oxygen atoms in total. The van der Waals surface area contributed by atoms with Crippen molar-refractivity contribution in [1.82, 2.24) is 9.88 Å². The van der Waals surface area contributed by atoms with Gasteiger partial charge in [-0.1, -0.05) is 0 Å². The standard InChI is InChI=1S/C16H18F2N2O3S/c1-20-7-12(16(23)19-10(8-21)3-4-24-2)15(22)11-5-9(17)6-13(18)14(11)20/h5-7,10,21H,3-4,8H2,1-2H3,(H,19,23)/t10-/m1/s1. The molecule has 1 aromatic carbocycles. The van der Waals surface area contributed by atoms with Crippen molar-refractivity contribution in [2.24, 2.45) is 7.05 Å². The molecule has 0 saturated carbocycles. The van der Waals surface area contributed by atoms with Crippen LogP contribution in [0.4, 0.5) is 8.78 Å². The van der Waals surface area contributed by atoms with E-state index in [4.69, 9.17) is 0 Å². The highest BCUT2D eigenvalue weighted by molar-refractivity contribution is 7.98. The van der Waals surface area contributed by atoms with E-state index >= 15 is 0 Å². The highest BCUT2D eigenvalue weighted by Crippen LogP contribution is 2.17. The Labute approximate surface area is 141 Å². The second-order valence-electron chi connectivity index (χ2n) is 5.40. The molecule has 1 heterocycles. The van der Waals surface area contributed by atoms with Crippen LogP contribution >= 0.6 is 11.8 Å². The Morgan fingerprint density at radius 2 is 2.12 bits per heavy atom. The molecular formula is C16H18F2N2O3S. The van der Waals surface area contributed by atoms with Gasteiger partial charge in [-0.3, -0.25) is 9.59 Å². The molecule has 0 spiro atoms. The number of pyridine rings is 1. The number of aryl methyl sites for hydroxylation is 1. The van der Waals surface area contributed by atoms with Gasteiger partial charge >= 0.3 is 0 Å². The highest BCUT2D eigenvalue weighted by Gasteiger charge is 2.19. The summed E-state index contributed by atoms with van der Waals surface area (Å²) in [7, 11) is 1.47. The third-order valence-electron chi connectivity index (χ3n) is 3.66. The minimum Gasteiger partial charge on any atom is -0.394 e. The first-order valence-electron chi connectivity index (χ1n) is 7.28. The predicted octanol–water partition coefficient (Wildman–Crippen LogP) is 1.66. The fraction of sp³-hybridized carbons (Fsp3) is 0.375. The number of aromatic nitrogens is 1. The molecule has 130 valence electrons. The Balaban J connectivity index is 2.44. The molecule has 0 saturated heterocycles. The first kappa shape index (κ1) is 18.4. The van der Waals surface area contributed by atoms with Crippen LogP contribution in [0.3, 0.4) is 0 Å². The third kappa shape index (κ3) is 3.76. The minimum absolute atomic E-state index is 0.0703. The fourth-order valence-electron chi connectivity index (χ4n) is 2.45. The predicted molar refractivity (Wildman–Crippen MR) is 90.4 cm³/mol. The van der Waals surface area contributed by atoms with Gasteiger partial charge in [0.1, 0.15) is 17.2 Å². The van der Waals surface area contributed by atoms with Gasteiger partial charge in [-0.25, -0.2) is 8.78 Å². The molecule has 0 fully saturated rings. The number of fused-ring (bicyclic) bond motifs is 1. The van der Waals surface area contributed by atoms with Crippen LogP contribution in [0.2, 0.25) is 0 Å². The lowest BCUT2D eigenvalue weighted by Crippen LogP contribution is -2.40. The minimum atomic E-state index is -0.886. The van der Waals surface area contributed by atoms with E-state index < -0.39 is 29.0 Å². The first-order valence-corrected chi connectivity index (χ1v) is 8.67. The quantitative estimate of drug-likeness (QED) is 0.826. The number of nitrogens with one attached hydrogen (secondary N) is 1. The lowest BCUT2D eigenvalue weighted by atomic mass is 10.1. The van der Waals surface area contributed by atoms with Gasteiger partial charge in [-0.05, 0) is 24.5 Å². The number of thioether (sulfide) groups is 1. The average molecular weight is 356 g/mol. The number of nitrogens with zero attached hydrogens (tertiary/aromatic N) is 1. The number of aliphatic hydroxyl groups excluding tert-OH is 1. The van der Waals surface area contributed by atoms with Gasteiger partial charge in [0.2, 0.25) is 5.43 Å². The molecule has 0 aliphatic carbocycles. The van der Waals surface area contributed by atoms with E-state index in [-0.39, 0.29) is 23.1 Å².